The fraction of sp³-hybridized carbons (Fsp3) is 0.600. The number of likely N-dealkylation sites (tertiary alicyclic amines) is 1. The summed E-state index contributed by atoms with van der Waals surface area (Å²) in [6, 6.07) is 7.84. The van der Waals surface area contributed by atoms with Gasteiger partial charge in [0.05, 0.1) is 13.2 Å². The summed E-state index contributed by atoms with van der Waals surface area (Å²) < 4.78 is 5.67. The monoisotopic (exact) mass is 264 g/mol. The summed E-state index contributed by atoms with van der Waals surface area (Å²) in [6.45, 7) is 5.23. The van der Waals surface area contributed by atoms with Crippen molar-refractivity contribution in [1.82, 2.24) is 4.90 Å². The highest BCUT2D eigenvalue weighted by Crippen LogP contribution is 2.23. The predicted octanol–water partition coefficient (Wildman–Crippen LogP) is 1.74. The molecule has 0 aromatic heterocycles. The molecule has 1 aliphatic heterocycles. The van der Waals surface area contributed by atoms with Crippen LogP contribution >= 0.6 is 0 Å². The summed E-state index contributed by atoms with van der Waals surface area (Å²) in [4.78, 5) is 2.37. The topological polar surface area (TPSA) is 58.7 Å². The molecule has 1 aliphatic rings. The van der Waals surface area contributed by atoms with Crippen LogP contribution in [0.2, 0.25) is 0 Å². The molecule has 2 atom stereocenters. The maximum absolute atomic E-state index is 9.39. The first kappa shape index (κ1) is 14.2. The molecule has 2 unspecified atom stereocenters. The van der Waals surface area contributed by atoms with E-state index < -0.39 is 0 Å². The van der Waals surface area contributed by atoms with Crippen LogP contribution in [0.5, 0.6) is 5.75 Å². The fourth-order valence-electron chi connectivity index (χ4n) is 2.72. The molecule has 0 radical (unpaired) electrons. The summed E-state index contributed by atoms with van der Waals surface area (Å²) in [7, 11) is 0. The molecule has 0 bridgehead atoms. The first-order valence-electron chi connectivity index (χ1n) is 7.04. The molecule has 0 saturated carbocycles. The van der Waals surface area contributed by atoms with Gasteiger partial charge in [0.1, 0.15) is 5.75 Å². The van der Waals surface area contributed by atoms with E-state index in [4.69, 9.17) is 10.5 Å². The van der Waals surface area contributed by atoms with E-state index in [0.717, 1.165) is 30.9 Å². The molecule has 106 valence electrons. The quantitative estimate of drug-likeness (QED) is 0.607. The highest BCUT2D eigenvalue weighted by Gasteiger charge is 2.29. The van der Waals surface area contributed by atoms with Crippen LogP contribution in [0.4, 0.5) is 5.69 Å². The molecule has 1 aromatic carbocycles. The Labute approximate surface area is 115 Å². The zero-order valence-electron chi connectivity index (χ0n) is 11.6. The molecule has 1 fully saturated rings. The van der Waals surface area contributed by atoms with Gasteiger partial charge < -0.3 is 15.6 Å². The van der Waals surface area contributed by atoms with E-state index in [1.54, 1.807) is 0 Å². The Kier molecular flexibility index (Phi) is 5.05. The largest absolute Gasteiger partial charge is 0.493 e. The number of nitrogens with two attached hydrogens (primary N) is 1. The Bertz CT molecular complexity index is 397. The molecule has 3 N–H and O–H groups in total. The van der Waals surface area contributed by atoms with Crippen LogP contribution in [0, 0.1) is 5.92 Å². The van der Waals surface area contributed by atoms with Crippen LogP contribution in [-0.2, 0) is 0 Å². The number of rotatable bonds is 6. The number of hydrogen-bond donors (Lipinski definition) is 2. The third-order valence-corrected chi connectivity index (χ3v) is 3.90. The van der Waals surface area contributed by atoms with Gasteiger partial charge in [0, 0.05) is 24.3 Å². The van der Waals surface area contributed by atoms with Crippen LogP contribution in [0.15, 0.2) is 24.3 Å². The van der Waals surface area contributed by atoms with E-state index in [-0.39, 0.29) is 6.61 Å². The van der Waals surface area contributed by atoms with Crippen molar-refractivity contribution in [3.8, 4) is 5.75 Å². The van der Waals surface area contributed by atoms with Gasteiger partial charge in [-0.1, -0.05) is 13.0 Å². The molecule has 0 spiro atoms. The van der Waals surface area contributed by atoms with Crippen molar-refractivity contribution in [2.45, 2.75) is 25.8 Å². The number of ether oxygens (including phenoxy) is 1. The van der Waals surface area contributed by atoms with Crippen molar-refractivity contribution in [1.29, 1.82) is 0 Å². The first-order valence-corrected chi connectivity index (χ1v) is 7.04. The second kappa shape index (κ2) is 6.78. The molecular formula is C15H24N2O2. The summed E-state index contributed by atoms with van der Waals surface area (Å²) in [5.41, 5.74) is 6.43. The maximum Gasteiger partial charge on any atom is 0.121 e. The lowest BCUT2D eigenvalue weighted by molar-refractivity contribution is 0.133. The smallest absolute Gasteiger partial charge is 0.121 e. The van der Waals surface area contributed by atoms with Gasteiger partial charge in [-0.25, -0.2) is 0 Å². The second-order valence-corrected chi connectivity index (χ2v) is 5.33. The van der Waals surface area contributed by atoms with Crippen LogP contribution in [0.3, 0.4) is 0 Å². The highest BCUT2D eigenvalue weighted by molar-refractivity contribution is 5.43. The van der Waals surface area contributed by atoms with E-state index in [2.05, 4.69) is 11.8 Å². The van der Waals surface area contributed by atoms with Gasteiger partial charge in [0.25, 0.3) is 0 Å². The van der Waals surface area contributed by atoms with E-state index in [9.17, 15) is 5.11 Å². The minimum atomic E-state index is 0.261. The summed E-state index contributed by atoms with van der Waals surface area (Å²) >= 11 is 0. The van der Waals surface area contributed by atoms with Gasteiger partial charge in [-0.3, -0.25) is 4.90 Å². The number of aliphatic hydroxyl groups is 1. The van der Waals surface area contributed by atoms with E-state index in [0.29, 0.717) is 18.6 Å². The van der Waals surface area contributed by atoms with Crippen molar-refractivity contribution in [3.63, 3.8) is 0 Å². The third kappa shape index (κ3) is 3.85. The normalized spacial score (nSPS) is 23.7. The second-order valence-electron chi connectivity index (χ2n) is 5.33. The fourth-order valence-corrected chi connectivity index (χ4v) is 2.72. The summed E-state index contributed by atoms with van der Waals surface area (Å²) in [5.74, 6) is 1.42. The minimum Gasteiger partial charge on any atom is -0.493 e. The molecule has 0 amide bonds. The molecule has 1 heterocycles. The van der Waals surface area contributed by atoms with Gasteiger partial charge >= 0.3 is 0 Å². The molecule has 4 nitrogen and oxygen atoms in total. The predicted molar refractivity (Wildman–Crippen MR) is 77.2 cm³/mol. The molecular weight excluding hydrogens is 240 g/mol. The average molecular weight is 264 g/mol. The lowest BCUT2D eigenvalue weighted by Gasteiger charge is -2.24. The van der Waals surface area contributed by atoms with Crippen LogP contribution in [0.1, 0.15) is 19.8 Å². The summed E-state index contributed by atoms with van der Waals surface area (Å²) in [6.07, 6.45) is 2.15. The van der Waals surface area contributed by atoms with Gasteiger partial charge in [0.15, 0.2) is 0 Å². The standard InChI is InChI=1S/C15H24N2O2/c1-12-6-8-17(15(12)11-18)7-3-9-19-14-5-2-4-13(16)10-14/h2,4-5,10,12,15,18H,3,6-9,11,16H2,1H3. The zero-order chi connectivity index (χ0) is 13.7. The number of aliphatic hydroxyl groups excluding tert-OH is 1. The Morgan fingerprint density at radius 2 is 2.32 bits per heavy atom. The lowest BCUT2D eigenvalue weighted by Crippen LogP contribution is -2.36. The Hall–Kier alpha value is -1.26. The third-order valence-electron chi connectivity index (χ3n) is 3.90. The first-order chi connectivity index (χ1) is 9.20. The Morgan fingerprint density at radius 3 is 3.05 bits per heavy atom. The zero-order valence-corrected chi connectivity index (χ0v) is 11.6. The van der Waals surface area contributed by atoms with Crippen molar-refractivity contribution < 1.29 is 9.84 Å². The van der Waals surface area contributed by atoms with Crippen LogP contribution in [0.25, 0.3) is 0 Å². The number of benzene rings is 1. The maximum atomic E-state index is 9.39. The van der Waals surface area contributed by atoms with Crippen molar-refractivity contribution >= 4 is 5.69 Å². The van der Waals surface area contributed by atoms with E-state index in [1.165, 1.54) is 6.42 Å². The number of nitrogen functional groups attached to an aromatic ring is 1. The van der Waals surface area contributed by atoms with Crippen LogP contribution in [-0.4, -0.2) is 42.4 Å². The summed E-state index contributed by atoms with van der Waals surface area (Å²) in [5, 5.41) is 9.39. The van der Waals surface area contributed by atoms with E-state index >= 15 is 0 Å². The average Bonchev–Trinajstić information content (AvgIpc) is 2.75. The minimum absolute atomic E-state index is 0.261. The highest BCUT2D eigenvalue weighted by atomic mass is 16.5. The van der Waals surface area contributed by atoms with Crippen molar-refractivity contribution in [2.24, 2.45) is 5.92 Å². The molecule has 1 saturated heterocycles. The van der Waals surface area contributed by atoms with Gasteiger partial charge in [-0.05, 0) is 37.4 Å². The van der Waals surface area contributed by atoms with Gasteiger partial charge in [-0.2, -0.15) is 0 Å². The Balaban J connectivity index is 1.69. The Morgan fingerprint density at radius 1 is 1.47 bits per heavy atom. The van der Waals surface area contributed by atoms with Crippen LogP contribution < -0.4 is 10.5 Å². The van der Waals surface area contributed by atoms with Crippen molar-refractivity contribution in [3.05, 3.63) is 24.3 Å². The molecule has 1 aromatic rings. The van der Waals surface area contributed by atoms with Crippen molar-refractivity contribution in [2.75, 3.05) is 32.0 Å². The number of hydrogen-bond acceptors (Lipinski definition) is 4. The number of nitrogens with zero attached hydrogens (tertiary/aromatic N) is 1. The van der Waals surface area contributed by atoms with Gasteiger partial charge in [0.2, 0.25) is 0 Å². The number of anilines is 1. The molecule has 0 aliphatic carbocycles. The molecule has 2 rings (SSSR count). The lowest BCUT2D eigenvalue weighted by atomic mass is 10.0. The van der Waals surface area contributed by atoms with Gasteiger partial charge in [-0.15, -0.1) is 0 Å². The van der Waals surface area contributed by atoms with E-state index in [1.807, 2.05) is 24.3 Å². The molecule has 4 heteroatoms. The SMILES string of the molecule is CC1CCN(CCCOc2cccc(N)c2)C1CO. The molecule has 19 heavy (non-hydrogen) atoms.